The van der Waals surface area contributed by atoms with Crippen molar-refractivity contribution in [3.05, 3.63) is 77.2 Å². The molecule has 2 aliphatic rings. The van der Waals surface area contributed by atoms with Crippen LogP contribution in [0.15, 0.2) is 48.5 Å². The summed E-state index contributed by atoms with van der Waals surface area (Å²) < 4.78 is 16.4. The van der Waals surface area contributed by atoms with E-state index in [0.29, 0.717) is 11.5 Å². The Labute approximate surface area is 217 Å². The molecule has 7 nitrogen and oxygen atoms in total. The molecule has 0 bridgehead atoms. The number of benzene rings is 2. The van der Waals surface area contributed by atoms with Gasteiger partial charge < -0.3 is 20.8 Å². The summed E-state index contributed by atoms with van der Waals surface area (Å²) in [5.41, 5.74) is 9.59. The molecule has 2 heterocycles. The number of piperidine rings is 1. The van der Waals surface area contributed by atoms with Crippen molar-refractivity contribution in [3.63, 3.8) is 0 Å². The van der Waals surface area contributed by atoms with Crippen LogP contribution in [-0.2, 0) is 0 Å². The Hall–Kier alpha value is -3.88. The van der Waals surface area contributed by atoms with Gasteiger partial charge >= 0.3 is 0 Å². The van der Waals surface area contributed by atoms with E-state index in [4.69, 9.17) is 24.0 Å². The molecule has 1 aromatic heterocycles. The number of nitrogens with two attached hydrogens (primary N) is 1. The number of anilines is 2. The molecule has 2 fully saturated rings. The Kier molecular flexibility index (Phi) is 7.39. The first-order valence-electron chi connectivity index (χ1n) is 13.0. The van der Waals surface area contributed by atoms with Crippen molar-refractivity contribution in [2.75, 3.05) is 29.9 Å². The van der Waals surface area contributed by atoms with E-state index in [0.717, 1.165) is 81.0 Å². The van der Waals surface area contributed by atoms with Crippen molar-refractivity contribution < 1.29 is 4.39 Å². The summed E-state index contributed by atoms with van der Waals surface area (Å²) in [7, 11) is 0. The summed E-state index contributed by atoms with van der Waals surface area (Å²) >= 11 is 0. The fraction of sp³-hybridized carbons (Fsp3) is 0.414. The molecule has 3 aromatic rings. The number of hydrogen-bond donors (Lipinski definition) is 2. The van der Waals surface area contributed by atoms with Gasteiger partial charge in [0.15, 0.2) is 0 Å². The minimum atomic E-state index is -0.538. The third kappa shape index (κ3) is 5.60. The number of halogens is 1. The average molecular weight is 498 g/mol. The lowest BCUT2D eigenvalue weighted by molar-refractivity contribution is 0.335. The molecule has 1 saturated heterocycles. The van der Waals surface area contributed by atoms with Crippen molar-refractivity contribution in [1.29, 1.82) is 0 Å². The fourth-order valence-electron chi connectivity index (χ4n) is 5.45. The van der Waals surface area contributed by atoms with Crippen molar-refractivity contribution in [3.8, 4) is 16.9 Å². The highest BCUT2D eigenvalue weighted by Gasteiger charge is 2.23. The normalized spacial score (nSPS) is 20.3. The first kappa shape index (κ1) is 24.8. The molecule has 8 heteroatoms. The summed E-state index contributed by atoms with van der Waals surface area (Å²) in [4.78, 5) is 9.26. The molecule has 3 N–H and O–H groups in total. The van der Waals surface area contributed by atoms with Crippen LogP contribution in [0, 0.1) is 24.9 Å². The maximum Gasteiger partial charge on any atom is 0.227 e. The summed E-state index contributed by atoms with van der Waals surface area (Å²) in [6, 6.07) is 15.2. The van der Waals surface area contributed by atoms with Crippen LogP contribution >= 0.6 is 0 Å². The molecule has 190 valence electrons. The topological polar surface area (TPSA) is 67.8 Å². The highest BCUT2D eigenvalue weighted by molar-refractivity contribution is 5.69. The van der Waals surface area contributed by atoms with E-state index in [-0.39, 0.29) is 17.8 Å². The van der Waals surface area contributed by atoms with Crippen LogP contribution in [0.4, 0.5) is 21.6 Å². The number of aromatic nitrogens is 2. The number of hydrogen-bond acceptors (Lipinski definition) is 4. The zero-order valence-corrected chi connectivity index (χ0v) is 20.9. The summed E-state index contributed by atoms with van der Waals surface area (Å²) in [5, 5.41) is 8.32. The lowest BCUT2D eigenvalue weighted by Crippen LogP contribution is -2.34. The highest BCUT2D eigenvalue weighted by Crippen LogP contribution is 2.31. The minimum absolute atomic E-state index is 0.00754. The second-order valence-corrected chi connectivity index (χ2v) is 10.1. The molecular formula is C29H32FN7. The minimum Gasteiger partial charge on any atom is -0.371 e. The van der Waals surface area contributed by atoms with Gasteiger partial charge in [0, 0.05) is 55.8 Å². The molecule has 0 unspecified atom stereocenters. The zero-order chi connectivity index (χ0) is 25.8. The molecule has 0 spiro atoms. The maximum absolute atomic E-state index is 14.5. The summed E-state index contributed by atoms with van der Waals surface area (Å²) in [6.07, 6.45) is 6.20. The maximum atomic E-state index is 14.5. The molecule has 0 radical (unpaired) electrons. The highest BCUT2D eigenvalue weighted by atomic mass is 19.1. The molecule has 1 aliphatic heterocycles. The van der Waals surface area contributed by atoms with E-state index in [1.165, 1.54) is 12.1 Å². The molecule has 5 rings (SSSR count). The van der Waals surface area contributed by atoms with Gasteiger partial charge in [0.25, 0.3) is 0 Å². The number of nitrogens with one attached hydrogen (secondary N) is 1. The van der Waals surface area contributed by atoms with Crippen LogP contribution in [-0.4, -0.2) is 41.5 Å². The van der Waals surface area contributed by atoms with Gasteiger partial charge in [-0.15, -0.1) is 5.10 Å². The van der Waals surface area contributed by atoms with Gasteiger partial charge in [-0.25, -0.2) is 20.5 Å². The SMILES string of the molecule is [C-]#[N+]c1ccc(-c2cc(NC[C@H]3CCC[C@H](N)C3)nn2-c2ccc(N3CCC([N+]#[C-])CC3)cc2)cc1F. The molecular weight excluding hydrogens is 465 g/mol. The Bertz CT molecular complexity index is 1310. The third-order valence-electron chi connectivity index (χ3n) is 7.57. The second-order valence-electron chi connectivity index (χ2n) is 10.1. The fourth-order valence-corrected chi connectivity index (χ4v) is 5.45. The van der Waals surface area contributed by atoms with Gasteiger partial charge in [0.1, 0.15) is 11.6 Å². The monoisotopic (exact) mass is 497 g/mol. The van der Waals surface area contributed by atoms with Crippen molar-refractivity contribution in [2.45, 2.75) is 50.6 Å². The van der Waals surface area contributed by atoms with E-state index < -0.39 is 5.82 Å². The Morgan fingerprint density at radius 2 is 1.76 bits per heavy atom. The summed E-state index contributed by atoms with van der Waals surface area (Å²) in [5.74, 6) is 0.706. The van der Waals surface area contributed by atoms with Crippen LogP contribution in [0.1, 0.15) is 38.5 Å². The van der Waals surface area contributed by atoms with E-state index in [2.05, 4.69) is 32.0 Å². The molecule has 1 aliphatic carbocycles. The van der Waals surface area contributed by atoms with Crippen LogP contribution in [0.25, 0.3) is 26.6 Å². The largest absolute Gasteiger partial charge is 0.371 e. The van der Waals surface area contributed by atoms with Crippen molar-refractivity contribution in [1.82, 2.24) is 9.78 Å². The molecule has 0 amide bonds. The van der Waals surface area contributed by atoms with Crippen LogP contribution in [0.2, 0.25) is 0 Å². The van der Waals surface area contributed by atoms with E-state index in [1.54, 1.807) is 6.07 Å². The quantitative estimate of drug-likeness (QED) is 0.407. The average Bonchev–Trinajstić information content (AvgIpc) is 3.36. The van der Waals surface area contributed by atoms with Crippen molar-refractivity contribution >= 4 is 17.2 Å². The molecule has 2 atom stereocenters. The van der Waals surface area contributed by atoms with Crippen LogP contribution in [0.3, 0.4) is 0 Å². The Morgan fingerprint density at radius 1 is 1.00 bits per heavy atom. The lowest BCUT2D eigenvalue weighted by atomic mass is 9.86. The third-order valence-corrected chi connectivity index (χ3v) is 7.57. The van der Waals surface area contributed by atoms with Gasteiger partial charge in [0.05, 0.1) is 18.0 Å². The van der Waals surface area contributed by atoms with Gasteiger partial charge in [-0.2, -0.15) is 0 Å². The lowest BCUT2D eigenvalue weighted by Gasteiger charge is -2.29. The van der Waals surface area contributed by atoms with E-state index in [9.17, 15) is 4.39 Å². The zero-order valence-electron chi connectivity index (χ0n) is 20.9. The molecule has 1 saturated carbocycles. The van der Waals surface area contributed by atoms with Gasteiger partial charge in [0.2, 0.25) is 11.7 Å². The van der Waals surface area contributed by atoms with Gasteiger partial charge in [-0.3, -0.25) is 0 Å². The van der Waals surface area contributed by atoms with Crippen LogP contribution in [0.5, 0.6) is 0 Å². The van der Waals surface area contributed by atoms with Gasteiger partial charge in [-0.05, 0) is 55.5 Å². The first-order chi connectivity index (χ1) is 18.0. The molecule has 2 aromatic carbocycles. The first-order valence-corrected chi connectivity index (χ1v) is 13.0. The second kappa shape index (κ2) is 11.0. The van der Waals surface area contributed by atoms with Gasteiger partial charge in [-0.1, -0.05) is 18.6 Å². The number of nitrogens with zero attached hydrogens (tertiary/aromatic N) is 5. The standard InChI is InChI=1S/C29H32FN7/c1-32-23-12-14-36(15-13-23)24-7-9-25(10-8-24)37-28(21-6-11-27(33-2)26(30)17-21)18-29(35-37)34-19-20-4-3-5-22(31)16-20/h6-11,17-18,20,22-23H,3-5,12-16,19,31H2,(H,34,35)/t20-,22-/m0/s1. The smallest absolute Gasteiger partial charge is 0.227 e. The molecule has 37 heavy (non-hydrogen) atoms. The Balaban J connectivity index is 1.41. The van der Waals surface area contributed by atoms with E-state index in [1.807, 2.05) is 22.9 Å². The van der Waals surface area contributed by atoms with E-state index >= 15 is 0 Å². The van der Waals surface area contributed by atoms with Crippen molar-refractivity contribution in [2.24, 2.45) is 11.7 Å². The number of rotatable bonds is 6. The predicted molar refractivity (Wildman–Crippen MR) is 145 cm³/mol. The predicted octanol–water partition coefficient (Wildman–Crippen LogP) is 6.05. The summed E-state index contributed by atoms with van der Waals surface area (Å²) in [6.45, 7) is 17.0. The van der Waals surface area contributed by atoms with Crippen LogP contribution < -0.4 is 16.0 Å². The Morgan fingerprint density at radius 3 is 2.43 bits per heavy atom.